The largest absolute Gasteiger partial charge is 0.504 e. The molecule has 4 unspecified atom stereocenters. The van der Waals surface area contributed by atoms with Gasteiger partial charge >= 0.3 is 0 Å². The summed E-state index contributed by atoms with van der Waals surface area (Å²) < 4.78 is 11.0. The number of methoxy groups -OCH3 is 2. The van der Waals surface area contributed by atoms with Gasteiger partial charge in [-0.1, -0.05) is 19.4 Å². The van der Waals surface area contributed by atoms with Crippen LogP contribution in [-0.2, 0) is 4.74 Å². The number of benzene rings is 1. The van der Waals surface area contributed by atoms with Crippen LogP contribution in [-0.4, -0.2) is 44.0 Å². The molecule has 26 heavy (non-hydrogen) atoms. The van der Waals surface area contributed by atoms with Gasteiger partial charge in [-0.15, -0.1) is 0 Å². The van der Waals surface area contributed by atoms with Gasteiger partial charge in [0.2, 0.25) is 0 Å². The van der Waals surface area contributed by atoms with Crippen molar-refractivity contribution in [2.24, 2.45) is 16.8 Å². The summed E-state index contributed by atoms with van der Waals surface area (Å²) in [6.45, 7) is 6.86. The fraction of sp³-hybridized carbons (Fsp3) is 0.591. The number of allylic oxidation sites excluding steroid dienone is 1. The van der Waals surface area contributed by atoms with E-state index in [1.165, 1.54) is 29.8 Å². The highest BCUT2D eigenvalue weighted by molar-refractivity contribution is 6.03. The molecule has 0 saturated carbocycles. The van der Waals surface area contributed by atoms with Crippen molar-refractivity contribution in [1.82, 2.24) is 4.90 Å². The van der Waals surface area contributed by atoms with E-state index in [2.05, 4.69) is 36.9 Å². The molecule has 4 atom stereocenters. The lowest BCUT2D eigenvalue weighted by Gasteiger charge is -2.48. The summed E-state index contributed by atoms with van der Waals surface area (Å²) in [6, 6.07) is 6.71. The molecule has 0 amide bonds. The van der Waals surface area contributed by atoms with E-state index < -0.39 is 0 Å². The second-order valence-corrected chi connectivity index (χ2v) is 7.89. The van der Waals surface area contributed by atoms with Gasteiger partial charge in [0.1, 0.15) is 5.75 Å². The first-order valence-electron chi connectivity index (χ1n) is 9.86. The van der Waals surface area contributed by atoms with E-state index in [4.69, 9.17) is 14.5 Å². The molecule has 4 rings (SSSR count). The summed E-state index contributed by atoms with van der Waals surface area (Å²) in [5.41, 5.74) is 5.16. The van der Waals surface area contributed by atoms with E-state index in [0.29, 0.717) is 23.8 Å². The highest BCUT2D eigenvalue weighted by Gasteiger charge is 2.45. The Bertz CT molecular complexity index is 740. The molecule has 3 aliphatic rings. The van der Waals surface area contributed by atoms with Crippen LogP contribution in [0.1, 0.15) is 44.6 Å². The van der Waals surface area contributed by atoms with Gasteiger partial charge in [-0.25, -0.2) is 0 Å². The Labute approximate surface area is 156 Å². The number of fused-ring (bicyclic) bond motifs is 5. The standard InChI is InChI=1S/C22H30N2O2/c1-5-15-12-24-10-9-16-21-18(7-6-8-20(21)26-4)23-22(16)19(24)11-17(15)14(2)13-25-3/h6-8,13,15-17,19H,5,9-12H2,1-4H3/b14-13-. The lowest BCUT2D eigenvalue weighted by molar-refractivity contribution is 0.0911. The normalized spacial score (nSPS) is 30.9. The van der Waals surface area contributed by atoms with E-state index in [1.807, 2.05) is 6.26 Å². The number of rotatable bonds is 4. The lowest BCUT2D eigenvalue weighted by atomic mass is 9.72. The van der Waals surface area contributed by atoms with Crippen LogP contribution >= 0.6 is 0 Å². The highest BCUT2D eigenvalue weighted by Crippen LogP contribution is 2.49. The number of piperidine rings is 2. The fourth-order valence-corrected chi connectivity index (χ4v) is 5.35. The minimum Gasteiger partial charge on any atom is -0.504 e. The Kier molecular flexibility index (Phi) is 4.78. The molecule has 0 N–H and O–H groups in total. The summed E-state index contributed by atoms with van der Waals surface area (Å²) in [5, 5.41) is 0. The monoisotopic (exact) mass is 354 g/mol. The molecular weight excluding hydrogens is 324 g/mol. The summed E-state index contributed by atoms with van der Waals surface area (Å²) >= 11 is 0. The van der Waals surface area contributed by atoms with Crippen molar-refractivity contribution in [2.75, 3.05) is 27.3 Å². The molecule has 3 heterocycles. The van der Waals surface area contributed by atoms with Crippen LogP contribution in [0.3, 0.4) is 0 Å². The first-order valence-corrected chi connectivity index (χ1v) is 9.86. The van der Waals surface area contributed by atoms with Crippen LogP contribution in [0.4, 0.5) is 5.69 Å². The van der Waals surface area contributed by atoms with Gasteiger partial charge in [-0.3, -0.25) is 9.89 Å². The summed E-state index contributed by atoms with van der Waals surface area (Å²) in [5.74, 6) is 2.70. The van der Waals surface area contributed by atoms with Crippen molar-refractivity contribution in [3.8, 4) is 5.75 Å². The molecule has 0 spiro atoms. The zero-order valence-corrected chi connectivity index (χ0v) is 16.4. The van der Waals surface area contributed by atoms with Gasteiger partial charge < -0.3 is 9.47 Å². The minimum atomic E-state index is 0.424. The summed E-state index contributed by atoms with van der Waals surface area (Å²) in [6.07, 6.45) is 5.46. The van der Waals surface area contributed by atoms with Crippen LogP contribution < -0.4 is 4.74 Å². The van der Waals surface area contributed by atoms with Gasteiger partial charge in [-0.2, -0.15) is 0 Å². The van der Waals surface area contributed by atoms with Crippen molar-refractivity contribution >= 4 is 11.4 Å². The van der Waals surface area contributed by atoms with Gasteiger partial charge in [0.15, 0.2) is 0 Å². The zero-order valence-electron chi connectivity index (χ0n) is 16.4. The summed E-state index contributed by atoms with van der Waals surface area (Å²) in [4.78, 5) is 7.78. The van der Waals surface area contributed by atoms with E-state index in [0.717, 1.165) is 30.8 Å². The van der Waals surface area contributed by atoms with Crippen LogP contribution in [0.2, 0.25) is 0 Å². The Morgan fingerprint density at radius 1 is 1.35 bits per heavy atom. The summed E-state index contributed by atoms with van der Waals surface area (Å²) in [7, 11) is 3.52. The van der Waals surface area contributed by atoms with E-state index in [1.54, 1.807) is 14.2 Å². The third-order valence-electron chi connectivity index (χ3n) is 6.63. The van der Waals surface area contributed by atoms with Gasteiger partial charge in [0.05, 0.1) is 26.2 Å². The van der Waals surface area contributed by atoms with Crippen molar-refractivity contribution in [1.29, 1.82) is 0 Å². The SMILES string of the molecule is CCC1CN2CCC3C(=Nc4cccc(OC)c43)C2CC1/C(C)=C\OC. The maximum Gasteiger partial charge on any atom is 0.124 e. The maximum absolute atomic E-state index is 5.66. The van der Waals surface area contributed by atoms with E-state index in [9.17, 15) is 0 Å². The van der Waals surface area contributed by atoms with Gasteiger partial charge in [0, 0.05) is 29.8 Å². The highest BCUT2D eigenvalue weighted by atomic mass is 16.5. The molecule has 1 aromatic carbocycles. The van der Waals surface area contributed by atoms with E-state index in [-0.39, 0.29) is 0 Å². The molecule has 3 aliphatic heterocycles. The fourth-order valence-electron chi connectivity index (χ4n) is 5.35. The number of aliphatic imine (C=N–C) groups is 1. The molecule has 2 fully saturated rings. The molecule has 0 aromatic heterocycles. The van der Waals surface area contributed by atoms with Gasteiger partial charge in [-0.05, 0) is 55.9 Å². The Hall–Kier alpha value is -1.81. The topological polar surface area (TPSA) is 34.1 Å². The molecule has 0 radical (unpaired) electrons. The van der Waals surface area contributed by atoms with Crippen molar-refractivity contribution in [2.45, 2.75) is 45.1 Å². The van der Waals surface area contributed by atoms with Crippen LogP contribution in [0.15, 0.2) is 35.0 Å². The third kappa shape index (κ3) is 2.75. The zero-order chi connectivity index (χ0) is 18.3. The second kappa shape index (κ2) is 7.07. The van der Waals surface area contributed by atoms with Crippen molar-refractivity contribution in [3.63, 3.8) is 0 Å². The minimum absolute atomic E-state index is 0.424. The maximum atomic E-state index is 5.66. The van der Waals surface area contributed by atoms with Crippen LogP contribution in [0.5, 0.6) is 5.75 Å². The predicted octanol–water partition coefficient (Wildman–Crippen LogP) is 4.54. The number of nitrogens with zero attached hydrogens (tertiary/aromatic N) is 2. The molecule has 4 heteroatoms. The predicted molar refractivity (Wildman–Crippen MR) is 105 cm³/mol. The first-order chi connectivity index (χ1) is 12.7. The number of hydrogen-bond acceptors (Lipinski definition) is 4. The lowest BCUT2D eigenvalue weighted by Crippen LogP contribution is -2.55. The molecule has 0 bridgehead atoms. The molecule has 140 valence electrons. The Balaban J connectivity index is 1.66. The molecule has 2 saturated heterocycles. The average molecular weight is 354 g/mol. The Morgan fingerprint density at radius 2 is 2.19 bits per heavy atom. The number of ether oxygens (including phenoxy) is 2. The third-order valence-corrected chi connectivity index (χ3v) is 6.63. The first kappa shape index (κ1) is 17.6. The van der Waals surface area contributed by atoms with Crippen LogP contribution in [0, 0.1) is 11.8 Å². The molecular formula is C22H30N2O2. The van der Waals surface area contributed by atoms with Crippen molar-refractivity contribution in [3.05, 3.63) is 35.6 Å². The number of hydrogen-bond donors (Lipinski definition) is 0. The van der Waals surface area contributed by atoms with E-state index >= 15 is 0 Å². The van der Waals surface area contributed by atoms with Crippen LogP contribution in [0.25, 0.3) is 0 Å². The molecule has 4 nitrogen and oxygen atoms in total. The quantitative estimate of drug-likeness (QED) is 0.745. The smallest absolute Gasteiger partial charge is 0.124 e. The molecule has 1 aromatic rings. The second-order valence-electron chi connectivity index (χ2n) is 7.89. The Morgan fingerprint density at radius 3 is 2.92 bits per heavy atom. The average Bonchev–Trinajstić information content (AvgIpc) is 3.06. The van der Waals surface area contributed by atoms with Crippen molar-refractivity contribution < 1.29 is 9.47 Å². The van der Waals surface area contributed by atoms with Gasteiger partial charge in [0.25, 0.3) is 0 Å². The molecule has 0 aliphatic carbocycles.